The van der Waals surface area contributed by atoms with Crippen LogP contribution in [-0.4, -0.2) is 49.3 Å². The van der Waals surface area contributed by atoms with Crippen LogP contribution in [0.3, 0.4) is 0 Å². The van der Waals surface area contributed by atoms with E-state index in [1.54, 1.807) is 29.8 Å². The van der Waals surface area contributed by atoms with E-state index >= 15 is 0 Å². The summed E-state index contributed by atoms with van der Waals surface area (Å²) in [6, 6.07) is 9.07. The molecule has 4 aromatic rings. The normalized spacial score (nSPS) is 10.7. The Bertz CT molecular complexity index is 1530. The van der Waals surface area contributed by atoms with Gasteiger partial charge in [0.2, 0.25) is 5.69 Å². The fraction of sp³-hybridized carbons (Fsp3) is 0.130. The van der Waals surface area contributed by atoms with Gasteiger partial charge in [-0.3, -0.25) is 10.1 Å². The molecule has 0 saturated carbocycles. The molecule has 3 N–H and O–H groups in total. The SMILES string of the molecule is CCOC(=O)c1ccc(NC(=O)OCc2cn(-c3cc4nc(C(=O)O)c(=O)[nH]c4cc3Cl)cn2)cc1. The topological polar surface area (TPSA) is 166 Å². The number of aromatic carboxylic acids is 1. The fourth-order valence-electron chi connectivity index (χ4n) is 3.21. The largest absolute Gasteiger partial charge is 0.476 e. The number of carboxylic acids is 1. The van der Waals surface area contributed by atoms with Gasteiger partial charge in [-0.1, -0.05) is 11.6 Å². The summed E-state index contributed by atoms with van der Waals surface area (Å²) in [4.78, 5) is 57.4. The molecule has 2 aromatic heterocycles. The summed E-state index contributed by atoms with van der Waals surface area (Å²) in [5.74, 6) is -1.91. The first-order chi connectivity index (χ1) is 17.2. The van der Waals surface area contributed by atoms with Crippen LogP contribution in [0.15, 0.2) is 53.7 Å². The van der Waals surface area contributed by atoms with Crippen molar-refractivity contribution in [2.24, 2.45) is 0 Å². The van der Waals surface area contributed by atoms with Crippen LogP contribution >= 0.6 is 11.6 Å². The maximum absolute atomic E-state index is 12.1. The van der Waals surface area contributed by atoms with Crippen molar-refractivity contribution in [2.45, 2.75) is 13.5 Å². The summed E-state index contributed by atoms with van der Waals surface area (Å²) in [5, 5.41) is 11.9. The lowest BCUT2D eigenvalue weighted by molar-refractivity contribution is 0.0525. The van der Waals surface area contributed by atoms with Crippen molar-refractivity contribution in [1.29, 1.82) is 0 Å². The van der Waals surface area contributed by atoms with Crippen molar-refractivity contribution in [3.05, 3.63) is 81.3 Å². The Labute approximate surface area is 207 Å². The van der Waals surface area contributed by atoms with Gasteiger partial charge in [0.15, 0.2) is 0 Å². The molecule has 184 valence electrons. The lowest BCUT2D eigenvalue weighted by Gasteiger charge is -2.08. The number of halogens is 1. The molecule has 0 radical (unpaired) electrons. The Morgan fingerprint density at radius 2 is 1.92 bits per heavy atom. The number of fused-ring (bicyclic) bond motifs is 1. The zero-order valence-electron chi connectivity index (χ0n) is 18.6. The molecule has 0 aliphatic heterocycles. The van der Waals surface area contributed by atoms with Crippen molar-refractivity contribution in [3.63, 3.8) is 0 Å². The number of nitrogens with zero attached hydrogens (tertiary/aromatic N) is 3. The number of amides is 1. The van der Waals surface area contributed by atoms with Gasteiger partial charge in [-0.25, -0.2) is 24.4 Å². The highest BCUT2D eigenvalue weighted by atomic mass is 35.5. The van der Waals surface area contributed by atoms with Crippen LogP contribution in [0.4, 0.5) is 10.5 Å². The third-order valence-electron chi connectivity index (χ3n) is 4.87. The van der Waals surface area contributed by atoms with Crippen molar-refractivity contribution in [1.82, 2.24) is 19.5 Å². The predicted molar refractivity (Wildman–Crippen MR) is 128 cm³/mol. The van der Waals surface area contributed by atoms with Gasteiger partial charge in [-0.2, -0.15) is 0 Å². The number of ether oxygens (including phenoxy) is 2. The average Bonchev–Trinajstić information content (AvgIpc) is 3.31. The first-order valence-electron chi connectivity index (χ1n) is 10.5. The Morgan fingerprint density at radius 3 is 2.61 bits per heavy atom. The first-order valence-corrected chi connectivity index (χ1v) is 10.8. The highest BCUT2D eigenvalue weighted by Gasteiger charge is 2.15. The number of aromatic nitrogens is 4. The molecular weight excluding hydrogens is 494 g/mol. The van der Waals surface area contributed by atoms with E-state index in [2.05, 4.69) is 20.3 Å². The monoisotopic (exact) mass is 511 g/mol. The maximum Gasteiger partial charge on any atom is 0.412 e. The van der Waals surface area contributed by atoms with Crippen LogP contribution in [-0.2, 0) is 16.1 Å². The van der Waals surface area contributed by atoms with Gasteiger partial charge in [-0.05, 0) is 43.3 Å². The number of benzene rings is 2. The molecule has 0 fully saturated rings. The number of rotatable bonds is 7. The molecule has 2 heterocycles. The number of H-pyrrole nitrogens is 1. The second-order valence-corrected chi connectivity index (χ2v) is 7.72. The number of anilines is 1. The van der Waals surface area contributed by atoms with E-state index in [-0.39, 0.29) is 29.3 Å². The van der Waals surface area contributed by atoms with Gasteiger partial charge < -0.3 is 24.1 Å². The third-order valence-corrected chi connectivity index (χ3v) is 5.17. The van der Waals surface area contributed by atoms with E-state index in [1.807, 2.05) is 0 Å². The van der Waals surface area contributed by atoms with E-state index < -0.39 is 29.3 Å². The predicted octanol–water partition coefficient (Wildman–Crippen LogP) is 3.39. The van der Waals surface area contributed by atoms with Crippen molar-refractivity contribution in [3.8, 4) is 5.69 Å². The van der Waals surface area contributed by atoms with Gasteiger partial charge in [0, 0.05) is 11.9 Å². The standard InChI is InChI=1S/C23H18ClN5O7/c1-2-35-22(33)12-3-5-13(6-4-12)26-23(34)36-10-14-9-29(11-25-14)18-8-17-16(7-15(18)24)28-20(30)19(27-17)21(31)32/h3-9,11H,2,10H2,1H3,(H,26,34)(H,28,30)(H,31,32). The summed E-state index contributed by atoms with van der Waals surface area (Å²) in [7, 11) is 0. The summed E-state index contributed by atoms with van der Waals surface area (Å²) in [6.45, 7) is 1.82. The first kappa shape index (κ1) is 24.4. The second-order valence-electron chi connectivity index (χ2n) is 7.31. The van der Waals surface area contributed by atoms with Crippen LogP contribution in [0.5, 0.6) is 0 Å². The molecule has 12 nitrogen and oxygen atoms in total. The lowest BCUT2D eigenvalue weighted by Crippen LogP contribution is -2.19. The highest BCUT2D eigenvalue weighted by molar-refractivity contribution is 6.33. The molecule has 0 aliphatic rings. The minimum atomic E-state index is -1.45. The number of aromatic amines is 1. The molecule has 36 heavy (non-hydrogen) atoms. The molecular formula is C23H18ClN5O7. The van der Waals surface area contributed by atoms with Gasteiger partial charge in [-0.15, -0.1) is 0 Å². The molecule has 0 atom stereocenters. The van der Waals surface area contributed by atoms with Crippen LogP contribution in [0.25, 0.3) is 16.7 Å². The zero-order chi connectivity index (χ0) is 25.8. The summed E-state index contributed by atoms with van der Waals surface area (Å²) >= 11 is 6.33. The Morgan fingerprint density at radius 1 is 1.17 bits per heavy atom. The Hall–Kier alpha value is -4.71. The number of esters is 1. The third kappa shape index (κ3) is 5.33. The molecule has 4 rings (SSSR count). The maximum atomic E-state index is 12.1. The minimum Gasteiger partial charge on any atom is -0.476 e. The van der Waals surface area contributed by atoms with Gasteiger partial charge in [0.1, 0.15) is 6.61 Å². The Balaban J connectivity index is 1.43. The lowest BCUT2D eigenvalue weighted by atomic mass is 10.2. The van der Waals surface area contributed by atoms with Crippen LogP contribution in [0, 0.1) is 0 Å². The molecule has 0 aliphatic carbocycles. The number of carbonyl (C=O) groups is 3. The molecule has 0 unspecified atom stereocenters. The number of nitrogens with one attached hydrogen (secondary N) is 2. The van der Waals surface area contributed by atoms with Crippen molar-refractivity contribution in [2.75, 3.05) is 11.9 Å². The summed E-state index contributed by atoms with van der Waals surface area (Å²) < 4.78 is 11.6. The van der Waals surface area contributed by atoms with Gasteiger partial charge in [0.05, 0.1) is 45.9 Å². The number of hydrogen-bond acceptors (Lipinski definition) is 8. The van der Waals surface area contributed by atoms with Crippen LogP contribution in [0.1, 0.15) is 33.5 Å². The average molecular weight is 512 g/mol. The number of carbonyl (C=O) groups excluding carboxylic acids is 2. The van der Waals surface area contributed by atoms with Crippen LogP contribution in [0.2, 0.25) is 5.02 Å². The minimum absolute atomic E-state index is 0.153. The zero-order valence-corrected chi connectivity index (χ0v) is 19.4. The highest BCUT2D eigenvalue weighted by Crippen LogP contribution is 2.25. The van der Waals surface area contributed by atoms with Crippen molar-refractivity contribution < 1.29 is 29.0 Å². The Kier molecular flexibility index (Phi) is 6.97. The van der Waals surface area contributed by atoms with Crippen molar-refractivity contribution >= 4 is 46.4 Å². The van der Waals surface area contributed by atoms with E-state index in [1.165, 1.54) is 30.6 Å². The van der Waals surface area contributed by atoms with E-state index in [0.29, 0.717) is 22.6 Å². The number of hydrogen-bond donors (Lipinski definition) is 3. The van der Waals surface area contributed by atoms with E-state index in [0.717, 1.165) is 0 Å². The molecule has 2 aromatic carbocycles. The number of carboxylic acid groups (broad SMARTS) is 1. The van der Waals surface area contributed by atoms with Crippen LogP contribution < -0.4 is 10.9 Å². The quantitative estimate of drug-likeness (QED) is 0.315. The number of imidazole rings is 1. The molecule has 0 spiro atoms. The molecule has 1 amide bonds. The smallest absolute Gasteiger partial charge is 0.412 e. The van der Waals surface area contributed by atoms with E-state index in [9.17, 15) is 19.2 Å². The second kappa shape index (κ2) is 10.3. The van der Waals surface area contributed by atoms with E-state index in [4.69, 9.17) is 26.2 Å². The summed E-state index contributed by atoms with van der Waals surface area (Å²) in [6.07, 6.45) is 2.27. The van der Waals surface area contributed by atoms with Gasteiger partial charge in [0.25, 0.3) is 5.56 Å². The van der Waals surface area contributed by atoms with Gasteiger partial charge >= 0.3 is 18.0 Å². The fourth-order valence-corrected chi connectivity index (χ4v) is 3.47. The molecule has 0 saturated heterocycles. The molecule has 0 bridgehead atoms. The summed E-state index contributed by atoms with van der Waals surface area (Å²) in [5.41, 5.74) is 0.610. The molecule has 13 heteroatoms.